The number of nitrogens with one attached hydrogen (secondary N) is 3. The van der Waals surface area contributed by atoms with Crippen molar-refractivity contribution in [1.29, 1.82) is 0 Å². The Balaban J connectivity index is 1.74. The minimum atomic E-state index is 0.235. The average Bonchev–Trinajstić information content (AvgIpc) is 3.10. The Morgan fingerprint density at radius 1 is 1.08 bits per heavy atom. The van der Waals surface area contributed by atoms with Gasteiger partial charge in [-0.1, -0.05) is 48.5 Å². The molecule has 0 unspecified atom stereocenters. The van der Waals surface area contributed by atoms with Crippen molar-refractivity contribution >= 4 is 40.0 Å². The Morgan fingerprint density at radius 2 is 1.85 bits per heavy atom. The van der Waals surface area contributed by atoms with E-state index in [1.807, 2.05) is 11.8 Å². The molecule has 0 aliphatic carbocycles. The van der Waals surface area contributed by atoms with E-state index in [2.05, 4.69) is 82.7 Å². The first kappa shape index (κ1) is 18.8. The van der Waals surface area contributed by atoms with Gasteiger partial charge in [0, 0.05) is 36.1 Å². The number of fused-ring (bicyclic) bond motifs is 1. The van der Waals surface area contributed by atoms with Gasteiger partial charge in [0.05, 0.1) is 0 Å². The van der Waals surface area contributed by atoms with E-state index in [9.17, 15) is 0 Å². The molecule has 0 amide bonds. The number of benzene rings is 2. The molecule has 1 aromatic heterocycles. The van der Waals surface area contributed by atoms with Crippen LogP contribution in [-0.4, -0.2) is 35.2 Å². The molecule has 0 bridgehead atoms. The molecule has 26 heavy (non-hydrogen) atoms. The first-order valence-corrected chi connectivity index (χ1v) is 10.7. The summed E-state index contributed by atoms with van der Waals surface area (Å²) in [5, 5.41) is 8.71. The van der Waals surface area contributed by atoms with Gasteiger partial charge in [-0.2, -0.15) is 11.8 Å². The maximum Gasteiger partial charge on any atom is 0.166 e. The van der Waals surface area contributed by atoms with Gasteiger partial charge in [0.1, 0.15) is 0 Å². The smallest absolute Gasteiger partial charge is 0.166 e. The Labute approximate surface area is 165 Å². The van der Waals surface area contributed by atoms with Crippen molar-refractivity contribution in [2.45, 2.75) is 12.3 Å². The molecule has 136 valence electrons. The maximum absolute atomic E-state index is 5.46. The average molecular weight is 384 g/mol. The summed E-state index contributed by atoms with van der Waals surface area (Å²) in [6.45, 7) is 1.68. The predicted octanol–water partition coefficient (Wildman–Crippen LogP) is 4.52. The van der Waals surface area contributed by atoms with E-state index in [0.717, 1.165) is 30.4 Å². The third-order valence-electron chi connectivity index (χ3n) is 4.48. The maximum atomic E-state index is 5.46. The van der Waals surface area contributed by atoms with Crippen LogP contribution in [0.4, 0.5) is 0 Å². The first-order chi connectivity index (χ1) is 12.8. The normalized spacial score (nSPS) is 12.0. The molecule has 3 rings (SSSR count). The summed E-state index contributed by atoms with van der Waals surface area (Å²) >= 11 is 7.32. The van der Waals surface area contributed by atoms with E-state index in [1.165, 1.54) is 22.0 Å². The molecule has 2 aromatic carbocycles. The van der Waals surface area contributed by atoms with Crippen molar-refractivity contribution in [3.8, 4) is 0 Å². The van der Waals surface area contributed by atoms with Gasteiger partial charge in [-0.15, -0.1) is 0 Å². The molecule has 1 heterocycles. The van der Waals surface area contributed by atoms with Crippen LogP contribution in [0.25, 0.3) is 10.9 Å². The van der Waals surface area contributed by atoms with Crippen LogP contribution in [0.15, 0.2) is 60.8 Å². The van der Waals surface area contributed by atoms with Gasteiger partial charge in [-0.3, -0.25) is 0 Å². The molecule has 5 heteroatoms. The highest BCUT2D eigenvalue weighted by Crippen LogP contribution is 2.30. The van der Waals surface area contributed by atoms with Crippen molar-refractivity contribution in [1.82, 2.24) is 15.6 Å². The minimum absolute atomic E-state index is 0.235. The summed E-state index contributed by atoms with van der Waals surface area (Å²) in [4.78, 5) is 3.40. The van der Waals surface area contributed by atoms with Gasteiger partial charge < -0.3 is 15.6 Å². The highest BCUT2D eigenvalue weighted by molar-refractivity contribution is 7.98. The van der Waals surface area contributed by atoms with Crippen molar-refractivity contribution in [2.24, 2.45) is 0 Å². The fourth-order valence-corrected chi connectivity index (χ4v) is 3.77. The predicted molar refractivity (Wildman–Crippen MR) is 118 cm³/mol. The summed E-state index contributed by atoms with van der Waals surface area (Å²) in [5.41, 5.74) is 3.75. The number of hydrogen-bond acceptors (Lipinski definition) is 2. The quantitative estimate of drug-likeness (QED) is 0.395. The summed E-state index contributed by atoms with van der Waals surface area (Å²) in [7, 11) is 0. The number of rotatable bonds is 8. The zero-order valence-electron chi connectivity index (χ0n) is 15.0. The molecule has 0 aliphatic rings. The van der Waals surface area contributed by atoms with Crippen LogP contribution in [0.1, 0.15) is 23.5 Å². The lowest BCUT2D eigenvalue weighted by atomic mass is 9.91. The number of thioether (sulfide) groups is 1. The van der Waals surface area contributed by atoms with Crippen LogP contribution in [0.3, 0.4) is 0 Å². The number of para-hydroxylation sites is 1. The van der Waals surface area contributed by atoms with E-state index < -0.39 is 0 Å². The molecule has 3 nitrogen and oxygen atoms in total. The topological polar surface area (TPSA) is 39.8 Å². The Kier molecular flexibility index (Phi) is 6.97. The van der Waals surface area contributed by atoms with Crippen LogP contribution in [0.2, 0.25) is 0 Å². The number of aromatic nitrogens is 1. The lowest BCUT2D eigenvalue weighted by molar-refractivity contribution is 0.738. The van der Waals surface area contributed by atoms with E-state index in [0.29, 0.717) is 0 Å². The summed E-state index contributed by atoms with van der Waals surface area (Å²) in [6.07, 6.45) is 5.37. The van der Waals surface area contributed by atoms with Crippen LogP contribution in [0.5, 0.6) is 0 Å². The van der Waals surface area contributed by atoms with Crippen molar-refractivity contribution in [3.05, 3.63) is 71.9 Å². The van der Waals surface area contributed by atoms with E-state index in [-0.39, 0.29) is 5.92 Å². The zero-order valence-corrected chi connectivity index (χ0v) is 16.6. The lowest BCUT2D eigenvalue weighted by Gasteiger charge is -2.19. The van der Waals surface area contributed by atoms with E-state index >= 15 is 0 Å². The van der Waals surface area contributed by atoms with Crippen LogP contribution >= 0.6 is 24.0 Å². The second-order valence-corrected chi connectivity index (χ2v) is 7.63. The van der Waals surface area contributed by atoms with Gasteiger partial charge in [0.15, 0.2) is 5.11 Å². The fraction of sp³-hybridized carbons (Fsp3) is 0.286. The number of thiocarbonyl (C=S) groups is 1. The molecular weight excluding hydrogens is 358 g/mol. The number of hydrogen-bond donors (Lipinski definition) is 3. The molecule has 0 saturated heterocycles. The zero-order chi connectivity index (χ0) is 18.2. The molecular formula is C21H25N3S2. The Morgan fingerprint density at radius 3 is 2.65 bits per heavy atom. The van der Waals surface area contributed by atoms with E-state index in [1.54, 1.807) is 0 Å². The van der Waals surface area contributed by atoms with Crippen molar-refractivity contribution in [3.63, 3.8) is 0 Å². The third-order valence-corrected chi connectivity index (χ3v) is 5.46. The minimum Gasteiger partial charge on any atom is -0.363 e. The molecule has 0 radical (unpaired) electrons. The monoisotopic (exact) mass is 383 g/mol. The van der Waals surface area contributed by atoms with Gasteiger partial charge in [0.2, 0.25) is 0 Å². The highest BCUT2D eigenvalue weighted by atomic mass is 32.2. The summed E-state index contributed by atoms with van der Waals surface area (Å²) in [6, 6.07) is 19.1. The molecule has 1 atom stereocenters. The van der Waals surface area contributed by atoms with Crippen LogP contribution in [-0.2, 0) is 0 Å². The second kappa shape index (κ2) is 9.64. The Bertz CT molecular complexity index is 829. The molecule has 3 N–H and O–H groups in total. The summed E-state index contributed by atoms with van der Waals surface area (Å²) in [5.74, 6) is 1.38. The number of H-pyrrole nitrogens is 1. The van der Waals surface area contributed by atoms with Gasteiger partial charge >= 0.3 is 0 Å². The second-order valence-electron chi connectivity index (χ2n) is 6.24. The molecule has 0 fully saturated rings. The molecule has 3 aromatic rings. The lowest BCUT2D eigenvalue weighted by Crippen LogP contribution is -2.38. The SMILES string of the molecule is CSCCCNC(=S)NC[C@H](c1ccccc1)c1c[nH]c2ccccc12. The number of aromatic amines is 1. The van der Waals surface area contributed by atoms with E-state index in [4.69, 9.17) is 12.2 Å². The van der Waals surface area contributed by atoms with Crippen molar-refractivity contribution in [2.75, 3.05) is 25.1 Å². The van der Waals surface area contributed by atoms with Crippen LogP contribution < -0.4 is 10.6 Å². The first-order valence-electron chi connectivity index (χ1n) is 8.91. The van der Waals surface area contributed by atoms with Gasteiger partial charge in [-0.05, 0) is 47.8 Å². The molecule has 0 aliphatic heterocycles. The van der Waals surface area contributed by atoms with Gasteiger partial charge in [-0.25, -0.2) is 0 Å². The van der Waals surface area contributed by atoms with Gasteiger partial charge in [0.25, 0.3) is 0 Å². The molecule has 0 spiro atoms. The Hall–Kier alpha value is -1.98. The largest absolute Gasteiger partial charge is 0.363 e. The van der Waals surface area contributed by atoms with Crippen molar-refractivity contribution < 1.29 is 0 Å². The third kappa shape index (κ3) is 4.80. The summed E-state index contributed by atoms with van der Waals surface area (Å²) < 4.78 is 0. The fourth-order valence-electron chi connectivity index (χ4n) is 3.15. The van der Waals surface area contributed by atoms with Crippen LogP contribution in [0, 0.1) is 0 Å². The standard InChI is InChI=1S/C21H25N3S2/c1-26-13-7-12-22-21(25)24-14-18(16-8-3-2-4-9-16)19-15-23-20-11-6-5-10-17(19)20/h2-6,8-11,15,18,23H,7,12-14H2,1H3,(H2,22,24,25)/t18-/m1/s1. The molecule has 0 saturated carbocycles. The highest BCUT2D eigenvalue weighted by Gasteiger charge is 2.18.